The molecule has 0 amide bonds. The highest BCUT2D eigenvalue weighted by Gasteiger charge is 2.39. The summed E-state index contributed by atoms with van der Waals surface area (Å²) in [6.45, 7) is 16.4. The lowest BCUT2D eigenvalue weighted by Crippen LogP contribution is -2.44. The topological polar surface area (TPSA) is 44.8 Å². The van der Waals surface area contributed by atoms with E-state index in [1.807, 2.05) is 37.3 Å². The van der Waals surface area contributed by atoms with Crippen LogP contribution in [0.15, 0.2) is 35.9 Å². The van der Waals surface area contributed by atoms with Crippen LogP contribution in [0.4, 0.5) is 0 Å². The van der Waals surface area contributed by atoms with E-state index in [2.05, 4.69) is 40.8 Å². The number of carbonyl (C=O) groups excluding carboxylic acids is 1. The minimum Gasteiger partial charge on any atom is -0.497 e. The summed E-state index contributed by atoms with van der Waals surface area (Å²) in [6, 6.07) is 7.91. The van der Waals surface area contributed by atoms with Crippen LogP contribution >= 0.6 is 0 Å². The first-order valence-corrected chi connectivity index (χ1v) is 12.9. The quantitative estimate of drug-likeness (QED) is 0.202. The Balaban J connectivity index is 2.73. The number of benzene rings is 1. The van der Waals surface area contributed by atoms with Crippen molar-refractivity contribution in [2.24, 2.45) is 5.92 Å². The molecule has 158 valence electrons. The first kappa shape index (κ1) is 24.6. The zero-order chi connectivity index (χ0) is 21.4. The minimum absolute atomic E-state index is 0.0286. The van der Waals surface area contributed by atoms with E-state index < -0.39 is 8.32 Å². The van der Waals surface area contributed by atoms with Crippen LogP contribution in [0.3, 0.4) is 0 Å². The summed E-state index contributed by atoms with van der Waals surface area (Å²) in [6.07, 6.45) is 3.72. The maximum atomic E-state index is 11.1. The molecule has 0 spiro atoms. The first-order chi connectivity index (χ1) is 13.0. The molecule has 0 radical (unpaired) electrons. The largest absolute Gasteiger partial charge is 0.497 e. The lowest BCUT2D eigenvalue weighted by atomic mass is 10.0. The molecular weight excluding hydrogens is 368 g/mol. The van der Waals surface area contributed by atoms with Crippen LogP contribution < -0.4 is 4.74 Å². The molecule has 4 nitrogen and oxygen atoms in total. The van der Waals surface area contributed by atoms with Gasteiger partial charge in [0.1, 0.15) is 12.0 Å². The Morgan fingerprint density at radius 3 is 2.29 bits per heavy atom. The molecule has 0 bridgehead atoms. The summed E-state index contributed by atoms with van der Waals surface area (Å²) >= 11 is 0. The van der Waals surface area contributed by atoms with Crippen molar-refractivity contribution in [1.82, 2.24) is 0 Å². The first-order valence-electron chi connectivity index (χ1n) is 10.0. The van der Waals surface area contributed by atoms with Gasteiger partial charge in [-0.1, -0.05) is 45.9 Å². The molecule has 1 rings (SSSR count). The molecule has 28 heavy (non-hydrogen) atoms. The molecular formula is C23H38O4Si. The number of carbonyl (C=O) groups is 1. The predicted octanol–water partition coefficient (Wildman–Crippen LogP) is 5.77. The maximum absolute atomic E-state index is 11.1. The molecule has 5 heteroatoms. The number of allylic oxidation sites excluding steroid dienone is 1. The van der Waals surface area contributed by atoms with Crippen LogP contribution in [0.5, 0.6) is 5.75 Å². The Bertz CT molecular complexity index is 629. The maximum Gasteiger partial charge on any atom is 0.192 e. The molecule has 0 unspecified atom stereocenters. The molecule has 0 aliphatic heterocycles. The molecule has 0 aliphatic rings. The molecule has 0 fully saturated rings. The summed E-state index contributed by atoms with van der Waals surface area (Å²) in [5.74, 6) is 0.738. The Labute approximate surface area is 172 Å². The molecule has 0 aromatic heterocycles. The lowest BCUT2D eigenvalue weighted by Gasteiger charge is -2.39. The van der Waals surface area contributed by atoms with Gasteiger partial charge in [-0.25, -0.2) is 0 Å². The third-order valence-corrected chi connectivity index (χ3v) is 9.93. The Kier molecular flexibility index (Phi) is 9.61. The SMILES string of the molecule is COc1ccc(COCC[C@H](O[Si](C)(C)C(C)(C)C)/C(C)=C/[C@H](C)C=O)cc1. The van der Waals surface area contributed by atoms with Crippen LogP contribution in [-0.4, -0.2) is 34.4 Å². The number of rotatable bonds is 11. The normalized spacial score (nSPS) is 15.2. The van der Waals surface area contributed by atoms with E-state index >= 15 is 0 Å². The van der Waals surface area contributed by atoms with Gasteiger partial charge >= 0.3 is 0 Å². The van der Waals surface area contributed by atoms with Crippen molar-refractivity contribution in [2.45, 2.75) is 71.9 Å². The number of ether oxygens (including phenoxy) is 2. The van der Waals surface area contributed by atoms with E-state index in [9.17, 15) is 4.79 Å². The van der Waals surface area contributed by atoms with Crippen molar-refractivity contribution in [1.29, 1.82) is 0 Å². The molecule has 0 N–H and O–H groups in total. The number of aldehydes is 1. The number of hydrogen-bond donors (Lipinski definition) is 0. The van der Waals surface area contributed by atoms with E-state index in [1.165, 1.54) is 0 Å². The van der Waals surface area contributed by atoms with Gasteiger partial charge in [0.15, 0.2) is 8.32 Å². The molecule has 0 saturated heterocycles. The minimum atomic E-state index is -1.93. The molecule has 0 heterocycles. The molecule has 1 aromatic rings. The molecule has 0 saturated carbocycles. The van der Waals surface area contributed by atoms with Crippen molar-refractivity contribution in [2.75, 3.05) is 13.7 Å². The van der Waals surface area contributed by atoms with Crippen molar-refractivity contribution < 1.29 is 18.7 Å². The zero-order valence-corrected chi connectivity index (χ0v) is 19.9. The van der Waals surface area contributed by atoms with Gasteiger partial charge in [-0.2, -0.15) is 0 Å². The van der Waals surface area contributed by atoms with E-state index in [1.54, 1.807) is 7.11 Å². The van der Waals surface area contributed by atoms with Gasteiger partial charge in [0.25, 0.3) is 0 Å². The van der Waals surface area contributed by atoms with Crippen LogP contribution in [0.1, 0.15) is 46.6 Å². The molecule has 1 aromatic carbocycles. The van der Waals surface area contributed by atoms with E-state index in [-0.39, 0.29) is 17.1 Å². The average molecular weight is 407 g/mol. The van der Waals surface area contributed by atoms with Crippen molar-refractivity contribution >= 4 is 14.6 Å². The number of hydrogen-bond acceptors (Lipinski definition) is 4. The highest BCUT2D eigenvalue weighted by atomic mass is 28.4. The average Bonchev–Trinajstić information content (AvgIpc) is 2.63. The third kappa shape index (κ3) is 7.90. The van der Waals surface area contributed by atoms with E-state index in [4.69, 9.17) is 13.9 Å². The molecule has 0 aliphatic carbocycles. The molecule has 2 atom stereocenters. The van der Waals surface area contributed by atoms with Gasteiger partial charge in [0, 0.05) is 12.5 Å². The third-order valence-electron chi connectivity index (χ3n) is 5.44. The second-order valence-electron chi connectivity index (χ2n) is 8.96. The van der Waals surface area contributed by atoms with Crippen LogP contribution in [-0.2, 0) is 20.6 Å². The summed E-state index contributed by atoms with van der Waals surface area (Å²) in [4.78, 5) is 11.1. The second-order valence-corrected chi connectivity index (χ2v) is 13.7. The monoisotopic (exact) mass is 406 g/mol. The smallest absolute Gasteiger partial charge is 0.192 e. The highest BCUT2D eigenvalue weighted by molar-refractivity contribution is 6.74. The van der Waals surface area contributed by atoms with Gasteiger partial charge in [-0.05, 0) is 54.7 Å². The second kappa shape index (κ2) is 10.9. The summed E-state index contributed by atoms with van der Waals surface area (Å²) in [5, 5.41) is 0.131. The standard InChI is InChI=1S/C23H38O4Si/c1-18(16-24)15-19(2)22(27-28(7,8)23(3,4)5)13-14-26-17-20-9-11-21(25-6)12-10-20/h9-12,15-16,18,22H,13-14,17H2,1-8H3/b19-15+/t18-,22-/m0/s1. The van der Waals surface area contributed by atoms with Crippen LogP contribution in [0, 0.1) is 5.92 Å². The summed E-state index contributed by atoms with van der Waals surface area (Å²) in [7, 11) is -0.263. The van der Waals surface area contributed by atoms with E-state index in [0.29, 0.717) is 13.2 Å². The highest BCUT2D eigenvalue weighted by Crippen LogP contribution is 2.38. The summed E-state index contributed by atoms with van der Waals surface area (Å²) in [5.41, 5.74) is 2.22. The Morgan fingerprint density at radius 2 is 1.79 bits per heavy atom. The fourth-order valence-electron chi connectivity index (χ4n) is 2.58. The van der Waals surface area contributed by atoms with Crippen LogP contribution in [0.25, 0.3) is 0 Å². The van der Waals surface area contributed by atoms with Crippen molar-refractivity contribution in [3.8, 4) is 5.75 Å². The van der Waals surface area contributed by atoms with Gasteiger partial charge in [0.2, 0.25) is 0 Å². The van der Waals surface area contributed by atoms with Crippen molar-refractivity contribution in [3.63, 3.8) is 0 Å². The lowest BCUT2D eigenvalue weighted by molar-refractivity contribution is -0.109. The Hall–Kier alpha value is -1.43. The van der Waals surface area contributed by atoms with Gasteiger partial charge in [-0.3, -0.25) is 0 Å². The van der Waals surface area contributed by atoms with E-state index in [0.717, 1.165) is 29.6 Å². The fraction of sp³-hybridized carbons (Fsp3) is 0.609. The predicted molar refractivity (Wildman–Crippen MR) is 118 cm³/mol. The van der Waals surface area contributed by atoms with Crippen LogP contribution in [0.2, 0.25) is 18.1 Å². The van der Waals surface area contributed by atoms with Gasteiger partial charge < -0.3 is 18.7 Å². The van der Waals surface area contributed by atoms with Gasteiger partial charge in [-0.15, -0.1) is 0 Å². The Morgan fingerprint density at radius 1 is 1.18 bits per heavy atom. The fourth-order valence-corrected chi connectivity index (χ4v) is 3.94. The van der Waals surface area contributed by atoms with Crippen molar-refractivity contribution in [3.05, 3.63) is 41.5 Å². The number of methoxy groups -OCH3 is 1. The zero-order valence-electron chi connectivity index (χ0n) is 18.9. The summed E-state index contributed by atoms with van der Waals surface area (Å²) < 4.78 is 17.7. The van der Waals surface area contributed by atoms with Gasteiger partial charge in [0.05, 0.1) is 19.8 Å².